The van der Waals surface area contributed by atoms with Crippen LogP contribution in [0.25, 0.3) is 0 Å². The molecule has 0 spiro atoms. The summed E-state index contributed by atoms with van der Waals surface area (Å²) >= 11 is 0. The minimum Gasteiger partial charge on any atom is -0.397 e. The minimum absolute atomic E-state index is 0.00477. The highest BCUT2D eigenvalue weighted by atomic mass is 16.2. The molecule has 1 aromatic rings. The van der Waals surface area contributed by atoms with E-state index in [9.17, 15) is 4.79 Å². The van der Waals surface area contributed by atoms with Crippen LogP contribution in [0.4, 0.5) is 11.4 Å². The molecule has 0 bridgehead atoms. The second kappa shape index (κ2) is 5.57. The van der Waals surface area contributed by atoms with Crippen molar-refractivity contribution in [3.63, 3.8) is 0 Å². The van der Waals surface area contributed by atoms with E-state index in [-0.39, 0.29) is 11.9 Å². The van der Waals surface area contributed by atoms with Gasteiger partial charge in [0, 0.05) is 13.1 Å². The summed E-state index contributed by atoms with van der Waals surface area (Å²) < 4.78 is 0. The Balaban J connectivity index is 2.76. The van der Waals surface area contributed by atoms with Gasteiger partial charge in [0.05, 0.1) is 17.9 Å². The maximum atomic E-state index is 11.7. The average Bonchev–Trinajstić information content (AvgIpc) is 2.15. The standard InChI is InChI=1S/C13H21N3O/c1-9(2)15-12(17)8-16(4)13-10(3)6-5-7-11(13)14/h5-7,9H,8,14H2,1-4H3,(H,15,17). The summed E-state index contributed by atoms with van der Waals surface area (Å²) in [7, 11) is 1.87. The highest BCUT2D eigenvalue weighted by Gasteiger charge is 2.12. The average molecular weight is 235 g/mol. The largest absolute Gasteiger partial charge is 0.397 e. The van der Waals surface area contributed by atoms with E-state index in [2.05, 4.69) is 5.32 Å². The number of nitrogen functional groups attached to an aromatic ring is 1. The van der Waals surface area contributed by atoms with Gasteiger partial charge < -0.3 is 16.0 Å². The van der Waals surface area contributed by atoms with Crippen molar-refractivity contribution in [3.8, 4) is 0 Å². The van der Waals surface area contributed by atoms with Crippen molar-refractivity contribution < 1.29 is 4.79 Å². The molecule has 1 aromatic carbocycles. The monoisotopic (exact) mass is 235 g/mol. The third kappa shape index (κ3) is 3.66. The van der Waals surface area contributed by atoms with Crippen molar-refractivity contribution in [2.24, 2.45) is 0 Å². The number of likely N-dealkylation sites (N-methyl/N-ethyl adjacent to an activating group) is 1. The normalized spacial score (nSPS) is 10.4. The molecule has 0 atom stereocenters. The number of para-hydroxylation sites is 1. The van der Waals surface area contributed by atoms with Crippen molar-refractivity contribution in [2.45, 2.75) is 26.8 Å². The van der Waals surface area contributed by atoms with Crippen LogP contribution in [0.3, 0.4) is 0 Å². The van der Waals surface area contributed by atoms with E-state index in [0.717, 1.165) is 11.3 Å². The summed E-state index contributed by atoms with van der Waals surface area (Å²) in [5.74, 6) is 0.00477. The number of carbonyl (C=O) groups is 1. The first-order valence-electron chi connectivity index (χ1n) is 5.77. The minimum atomic E-state index is 0.00477. The summed E-state index contributed by atoms with van der Waals surface area (Å²) in [5, 5.41) is 2.86. The lowest BCUT2D eigenvalue weighted by molar-refractivity contribution is -0.120. The summed E-state index contributed by atoms with van der Waals surface area (Å²) in [5.41, 5.74) is 8.62. The van der Waals surface area contributed by atoms with E-state index >= 15 is 0 Å². The number of rotatable bonds is 4. The van der Waals surface area contributed by atoms with Gasteiger partial charge >= 0.3 is 0 Å². The van der Waals surface area contributed by atoms with E-state index in [0.29, 0.717) is 12.2 Å². The van der Waals surface area contributed by atoms with Gasteiger partial charge in [-0.1, -0.05) is 12.1 Å². The van der Waals surface area contributed by atoms with Crippen molar-refractivity contribution in [1.82, 2.24) is 5.32 Å². The molecular weight excluding hydrogens is 214 g/mol. The molecule has 0 aliphatic carbocycles. The molecule has 0 saturated carbocycles. The molecule has 0 unspecified atom stereocenters. The molecule has 0 fully saturated rings. The number of carbonyl (C=O) groups excluding carboxylic acids is 1. The summed E-state index contributed by atoms with van der Waals surface area (Å²) in [6.07, 6.45) is 0. The van der Waals surface area contributed by atoms with Gasteiger partial charge in [-0.15, -0.1) is 0 Å². The number of nitrogens with one attached hydrogen (secondary N) is 1. The predicted octanol–water partition coefficient (Wildman–Crippen LogP) is 1.54. The molecule has 1 amide bonds. The summed E-state index contributed by atoms with van der Waals surface area (Å²) in [6.45, 7) is 6.19. The quantitative estimate of drug-likeness (QED) is 0.778. The zero-order chi connectivity index (χ0) is 13.0. The van der Waals surface area contributed by atoms with Crippen LogP contribution in [0.1, 0.15) is 19.4 Å². The summed E-state index contributed by atoms with van der Waals surface area (Å²) in [6, 6.07) is 5.91. The smallest absolute Gasteiger partial charge is 0.239 e. The Morgan fingerprint density at radius 1 is 1.47 bits per heavy atom. The van der Waals surface area contributed by atoms with Crippen molar-refractivity contribution >= 4 is 17.3 Å². The van der Waals surface area contributed by atoms with Gasteiger partial charge in [-0.2, -0.15) is 0 Å². The van der Waals surface area contributed by atoms with Crippen LogP contribution in [0.15, 0.2) is 18.2 Å². The fourth-order valence-electron chi connectivity index (χ4n) is 1.87. The molecule has 3 N–H and O–H groups in total. The Kier molecular flexibility index (Phi) is 4.37. The first-order valence-corrected chi connectivity index (χ1v) is 5.77. The lowest BCUT2D eigenvalue weighted by atomic mass is 10.1. The molecule has 94 valence electrons. The molecule has 0 heterocycles. The first kappa shape index (κ1) is 13.4. The van der Waals surface area contributed by atoms with Crippen LogP contribution >= 0.6 is 0 Å². The maximum absolute atomic E-state index is 11.7. The molecule has 0 saturated heterocycles. The number of benzene rings is 1. The number of hydrogen-bond acceptors (Lipinski definition) is 3. The lowest BCUT2D eigenvalue weighted by Gasteiger charge is -2.23. The van der Waals surface area contributed by atoms with E-state index in [4.69, 9.17) is 5.73 Å². The number of nitrogens with zero attached hydrogens (tertiary/aromatic N) is 1. The summed E-state index contributed by atoms with van der Waals surface area (Å²) in [4.78, 5) is 13.5. The van der Waals surface area contributed by atoms with Gasteiger partial charge in [-0.05, 0) is 32.4 Å². The van der Waals surface area contributed by atoms with E-state index in [1.54, 1.807) is 0 Å². The number of aryl methyl sites for hydroxylation is 1. The Bertz CT molecular complexity index is 381. The number of hydrogen-bond donors (Lipinski definition) is 2. The third-order valence-corrected chi connectivity index (χ3v) is 2.48. The molecule has 1 rings (SSSR count). The number of amides is 1. The van der Waals surface area contributed by atoms with Crippen molar-refractivity contribution in [2.75, 3.05) is 24.2 Å². The van der Waals surface area contributed by atoms with Crippen LogP contribution in [-0.4, -0.2) is 25.5 Å². The topological polar surface area (TPSA) is 58.4 Å². The SMILES string of the molecule is Cc1cccc(N)c1N(C)CC(=O)NC(C)C. The van der Waals surface area contributed by atoms with Crippen molar-refractivity contribution in [3.05, 3.63) is 23.8 Å². The lowest BCUT2D eigenvalue weighted by Crippen LogP contribution is -2.39. The van der Waals surface area contributed by atoms with Crippen molar-refractivity contribution in [1.29, 1.82) is 0 Å². The highest BCUT2D eigenvalue weighted by Crippen LogP contribution is 2.25. The molecular formula is C13H21N3O. The van der Waals surface area contributed by atoms with Gasteiger partial charge in [-0.3, -0.25) is 4.79 Å². The first-order chi connectivity index (χ1) is 7.91. The van der Waals surface area contributed by atoms with E-state index in [1.165, 1.54) is 0 Å². The van der Waals surface area contributed by atoms with Gasteiger partial charge in [-0.25, -0.2) is 0 Å². The molecule has 0 aliphatic rings. The number of anilines is 2. The van der Waals surface area contributed by atoms with Crippen LogP contribution in [0, 0.1) is 6.92 Å². The second-order valence-electron chi connectivity index (χ2n) is 4.59. The van der Waals surface area contributed by atoms with Gasteiger partial charge in [0.1, 0.15) is 0 Å². The van der Waals surface area contributed by atoms with Gasteiger partial charge in [0.25, 0.3) is 0 Å². The molecule has 0 aromatic heterocycles. The zero-order valence-corrected chi connectivity index (χ0v) is 10.9. The Morgan fingerprint density at radius 3 is 2.65 bits per heavy atom. The predicted molar refractivity (Wildman–Crippen MR) is 72.1 cm³/mol. The number of nitrogens with two attached hydrogens (primary N) is 1. The Morgan fingerprint density at radius 2 is 2.12 bits per heavy atom. The van der Waals surface area contributed by atoms with Crippen LogP contribution in [0.5, 0.6) is 0 Å². The van der Waals surface area contributed by atoms with E-state index in [1.807, 2.05) is 50.9 Å². The highest BCUT2D eigenvalue weighted by molar-refractivity contribution is 5.83. The van der Waals surface area contributed by atoms with Crippen LogP contribution in [0.2, 0.25) is 0 Å². The fraction of sp³-hybridized carbons (Fsp3) is 0.462. The maximum Gasteiger partial charge on any atom is 0.239 e. The molecule has 4 nitrogen and oxygen atoms in total. The molecule has 0 radical (unpaired) electrons. The zero-order valence-electron chi connectivity index (χ0n) is 10.9. The van der Waals surface area contributed by atoms with Gasteiger partial charge in [0.2, 0.25) is 5.91 Å². The molecule has 4 heteroatoms. The molecule has 17 heavy (non-hydrogen) atoms. The van der Waals surface area contributed by atoms with Gasteiger partial charge in [0.15, 0.2) is 0 Å². The van der Waals surface area contributed by atoms with E-state index < -0.39 is 0 Å². The van der Waals surface area contributed by atoms with Crippen LogP contribution in [-0.2, 0) is 4.79 Å². The Hall–Kier alpha value is -1.71. The fourth-order valence-corrected chi connectivity index (χ4v) is 1.87. The third-order valence-electron chi connectivity index (χ3n) is 2.48. The second-order valence-corrected chi connectivity index (χ2v) is 4.59. The Labute approximate surface area is 103 Å². The van der Waals surface area contributed by atoms with Crippen LogP contribution < -0.4 is 16.0 Å². The molecule has 0 aliphatic heterocycles.